The van der Waals surface area contributed by atoms with Gasteiger partial charge in [0.2, 0.25) is 11.9 Å². The summed E-state index contributed by atoms with van der Waals surface area (Å²) in [5, 5.41) is 19.8. The van der Waals surface area contributed by atoms with Crippen LogP contribution in [0.2, 0.25) is 5.02 Å². The van der Waals surface area contributed by atoms with Gasteiger partial charge >= 0.3 is 0 Å². The average Bonchev–Trinajstić information content (AvgIpc) is 3.59. The molecule has 1 N–H and O–H groups in total. The van der Waals surface area contributed by atoms with Crippen molar-refractivity contribution < 1.29 is 14.3 Å². The molecular formula is C50H51ClN10O3. The van der Waals surface area contributed by atoms with E-state index >= 15 is 0 Å². The Morgan fingerprint density at radius 3 is 2.41 bits per heavy atom. The quantitative estimate of drug-likeness (QED) is 0.151. The molecule has 10 rings (SSSR count). The molecule has 0 atom stereocenters. The highest BCUT2D eigenvalue weighted by atomic mass is 35.5. The first-order valence-corrected chi connectivity index (χ1v) is 22.4. The molecule has 1 spiro atoms. The smallest absolute Gasteiger partial charge is 0.254 e. The van der Waals surface area contributed by atoms with Crippen molar-refractivity contribution >= 4 is 40.1 Å². The summed E-state index contributed by atoms with van der Waals surface area (Å²) < 4.78 is 8.34. The molecule has 13 nitrogen and oxygen atoms in total. The molecule has 1 saturated heterocycles. The van der Waals surface area contributed by atoms with Crippen molar-refractivity contribution in [1.29, 1.82) is 5.26 Å². The van der Waals surface area contributed by atoms with Gasteiger partial charge in [0.25, 0.3) is 5.91 Å². The van der Waals surface area contributed by atoms with Gasteiger partial charge in [-0.1, -0.05) is 57.5 Å². The number of aromatic nitrogens is 6. The van der Waals surface area contributed by atoms with Crippen molar-refractivity contribution in [3.63, 3.8) is 0 Å². The Morgan fingerprint density at radius 1 is 0.953 bits per heavy atom. The second-order valence-electron chi connectivity index (χ2n) is 19.6. The van der Waals surface area contributed by atoms with Gasteiger partial charge in [0.15, 0.2) is 0 Å². The van der Waals surface area contributed by atoms with Crippen LogP contribution in [0.1, 0.15) is 80.3 Å². The number of benzene rings is 2. The van der Waals surface area contributed by atoms with E-state index in [2.05, 4.69) is 90.3 Å². The molecule has 6 aromatic rings. The number of rotatable bonds is 9. The van der Waals surface area contributed by atoms with E-state index in [0.29, 0.717) is 46.9 Å². The van der Waals surface area contributed by atoms with E-state index in [9.17, 15) is 14.9 Å². The highest BCUT2D eigenvalue weighted by Gasteiger charge is 2.64. The highest BCUT2D eigenvalue weighted by molar-refractivity contribution is 6.31. The van der Waals surface area contributed by atoms with Crippen molar-refractivity contribution in [2.45, 2.75) is 79.0 Å². The third-order valence-electron chi connectivity index (χ3n) is 14.4. The summed E-state index contributed by atoms with van der Waals surface area (Å²) in [6, 6.07) is 19.6. The molecule has 2 aromatic carbocycles. The fourth-order valence-electron chi connectivity index (χ4n) is 11.5. The van der Waals surface area contributed by atoms with Gasteiger partial charge in [-0.05, 0) is 60.9 Å². The number of fused-ring (bicyclic) bond motifs is 2. The fourth-order valence-corrected chi connectivity index (χ4v) is 11.7. The third kappa shape index (κ3) is 7.12. The Labute approximate surface area is 377 Å². The first kappa shape index (κ1) is 41.6. The highest BCUT2D eigenvalue weighted by Crippen LogP contribution is 2.56. The molecule has 4 aromatic heterocycles. The minimum absolute atomic E-state index is 0.0845. The summed E-state index contributed by atoms with van der Waals surface area (Å²) in [6.45, 7) is 13.1. The van der Waals surface area contributed by atoms with Crippen LogP contribution >= 0.6 is 11.6 Å². The van der Waals surface area contributed by atoms with E-state index in [1.165, 1.54) is 5.69 Å². The van der Waals surface area contributed by atoms with Crippen molar-refractivity contribution in [1.82, 2.24) is 39.9 Å². The Hall–Kier alpha value is -6.39. The molecule has 64 heavy (non-hydrogen) atoms. The van der Waals surface area contributed by atoms with Crippen molar-refractivity contribution in [3.05, 3.63) is 112 Å². The lowest BCUT2D eigenvalue weighted by molar-refractivity contribution is -0.164. The van der Waals surface area contributed by atoms with E-state index < -0.39 is 0 Å². The number of anilines is 1. The lowest BCUT2D eigenvalue weighted by Crippen LogP contribution is -2.74. The number of carbonyl (C=O) groups is 2. The summed E-state index contributed by atoms with van der Waals surface area (Å²) in [4.78, 5) is 48.7. The van der Waals surface area contributed by atoms with Crippen LogP contribution in [-0.2, 0) is 31.2 Å². The molecule has 2 aliphatic carbocycles. The number of nitrogens with one attached hydrogen (secondary N) is 1. The number of amides is 2. The molecule has 14 heteroatoms. The van der Waals surface area contributed by atoms with Gasteiger partial charge in [-0.25, -0.2) is 9.97 Å². The van der Waals surface area contributed by atoms with Gasteiger partial charge in [0.1, 0.15) is 17.9 Å². The van der Waals surface area contributed by atoms with Crippen LogP contribution in [0.15, 0.2) is 79.4 Å². The largest absolute Gasteiger partial charge is 0.489 e. The standard InChI is InChI=1S/C50H51ClN10O3/c1-29(62)60-15-14-42-39(26-60)43(58-59(42)6)37-9-7-8-31-17-41(54-25-38(31)37)33-10-12-35(53-22-33)16-30-19-50(20-30)27-61(28-50)47-55-23-34(24-56-47)44(63)57-45-48(2,3)46(49(45,4)5)64-36-13-11-32(21-52)40(51)18-36/h7-13,17-18,22-25,30,45-46H,14-16,19-20,26-28H2,1-6H3,(H,57,63). The lowest BCUT2D eigenvalue weighted by atomic mass is 9.49. The Bertz CT molecular complexity index is 2850. The van der Waals surface area contributed by atoms with Crippen molar-refractivity contribution in [2.24, 2.45) is 29.2 Å². The van der Waals surface area contributed by atoms with E-state index in [1.807, 2.05) is 29.0 Å². The maximum absolute atomic E-state index is 13.5. The van der Waals surface area contributed by atoms with E-state index in [1.54, 1.807) is 37.5 Å². The molecular weight excluding hydrogens is 824 g/mol. The van der Waals surface area contributed by atoms with Crippen LogP contribution in [0.25, 0.3) is 33.3 Å². The molecule has 4 aliphatic rings. The number of hydrogen-bond acceptors (Lipinski definition) is 10. The number of nitriles is 1. The molecule has 3 fully saturated rings. The Balaban J connectivity index is 0.714. The van der Waals surface area contributed by atoms with Crippen LogP contribution in [0.3, 0.4) is 0 Å². The summed E-state index contributed by atoms with van der Waals surface area (Å²) in [5.74, 6) is 1.69. The molecule has 2 saturated carbocycles. The molecule has 2 amide bonds. The molecule has 2 aliphatic heterocycles. The van der Waals surface area contributed by atoms with Crippen LogP contribution in [0, 0.1) is 33.5 Å². The second-order valence-corrected chi connectivity index (χ2v) is 20.0. The lowest BCUT2D eigenvalue weighted by Gasteiger charge is -2.63. The first-order chi connectivity index (χ1) is 30.6. The van der Waals surface area contributed by atoms with Crippen LogP contribution in [-0.4, -0.2) is 78.2 Å². The maximum Gasteiger partial charge on any atom is 0.254 e. The Kier molecular flexibility index (Phi) is 10.0. The topological polar surface area (TPSA) is 155 Å². The SMILES string of the molecule is CC(=O)N1CCc2c(c(-c3cccc4cc(-c5ccc(CC6CC7(C6)CN(c6ncc(C(=O)NC8C(C)(C)C(Oc9ccc(C#N)c(Cl)c9)C8(C)C)cn6)C7)nc5)ncc34)nn2C)C1. The van der Waals surface area contributed by atoms with Crippen molar-refractivity contribution in [2.75, 3.05) is 24.5 Å². The van der Waals surface area contributed by atoms with Gasteiger partial charge in [-0.2, -0.15) is 10.4 Å². The maximum atomic E-state index is 13.5. The van der Waals surface area contributed by atoms with Gasteiger partial charge in [-0.3, -0.25) is 24.2 Å². The number of aryl methyl sites for hydroxylation is 1. The van der Waals surface area contributed by atoms with Gasteiger partial charge in [0, 0.05) is 133 Å². The van der Waals surface area contributed by atoms with E-state index in [-0.39, 0.29) is 40.2 Å². The third-order valence-corrected chi connectivity index (χ3v) is 14.7. The zero-order valence-corrected chi connectivity index (χ0v) is 37.8. The molecule has 0 bridgehead atoms. The number of carbonyl (C=O) groups excluding carboxylic acids is 2. The number of hydrogen-bond donors (Lipinski definition) is 1. The minimum Gasteiger partial charge on any atom is -0.489 e. The molecule has 0 radical (unpaired) electrons. The minimum atomic E-state index is -0.376. The molecule has 6 heterocycles. The van der Waals surface area contributed by atoms with E-state index in [4.69, 9.17) is 31.4 Å². The second kappa shape index (κ2) is 15.4. The molecule has 326 valence electrons. The normalized spacial score (nSPS) is 20.4. The fraction of sp³-hybridized carbons (Fsp3) is 0.400. The zero-order valence-electron chi connectivity index (χ0n) is 37.0. The summed E-state index contributed by atoms with van der Waals surface area (Å²) in [7, 11) is 1.99. The number of halogens is 1. The van der Waals surface area contributed by atoms with E-state index in [0.717, 1.165) is 83.3 Å². The van der Waals surface area contributed by atoms with Crippen LogP contribution in [0.5, 0.6) is 5.75 Å². The summed E-state index contributed by atoms with van der Waals surface area (Å²) in [6.07, 6.45) is 10.9. The molecule has 0 unspecified atom stereocenters. The predicted octanol–water partition coefficient (Wildman–Crippen LogP) is 7.99. The Morgan fingerprint density at radius 2 is 1.72 bits per heavy atom. The van der Waals surface area contributed by atoms with Crippen LogP contribution in [0.4, 0.5) is 5.95 Å². The van der Waals surface area contributed by atoms with Gasteiger partial charge in [-0.15, -0.1) is 0 Å². The summed E-state index contributed by atoms with van der Waals surface area (Å²) >= 11 is 6.26. The first-order valence-electron chi connectivity index (χ1n) is 22.0. The van der Waals surface area contributed by atoms with Crippen LogP contribution < -0.4 is 15.0 Å². The monoisotopic (exact) mass is 874 g/mol. The number of ether oxygens (including phenoxy) is 1. The number of nitrogens with zero attached hydrogens (tertiary/aromatic N) is 9. The predicted molar refractivity (Wildman–Crippen MR) is 244 cm³/mol. The zero-order chi connectivity index (χ0) is 44.7. The van der Waals surface area contributed by atoms with Gasteiger partial charge < -0.3 is 19.9 Å². The summed E-state index contributed by atoms with van der Waals surface area (Å²) in [5.41, 5.74) is 7.53. The number of pyridine rings is 2. The average molecular weight is 875 g/mol. The van der Waals surface area contributed by atoms with Crippen molar-refractivity contribution in [3.8, 4) is 34.3 Å². The van der Waals surface area contributed by atoms with Gasteiger partial charge in [0.05, 0.1) is 27.5 Å².